The highest BCUT2D eigenvalue weighted by atomic mass is 127. The number of ether oxygens (including phenoxy) is 2. The Balaban J connectivity index is 0.00000576. The van der Waals surface area contributed by atoms with Crippen molar-refractivity contribution in [1.29, 1.82) is 0 Å². The second-order valence-corrected chi connectivity index (χ2v) is 5.70. The molecule has 25 heavy (non-hydrogen) atoms. The minimum absolute atomic E-state index is 0. The van der Waals surface area contributed by atoms with Gasteiger partial charge in [0.25, 0.3) is 0 Å². The zero-order chi connectivity index (χ0) is 17.8. The van der Waals surface area contributed by atoms with Gasteiger partial charge in [0.15, 0.2) is 11.7 Å². The molecule has 0 unspecified atom stereocenters. The van der Waals surface area contributed by atoms with E-state index in [0.717, 1.165) is 23.1 Å². The van der Waals surface area contributed by atoms with Crippen molar-refractivity contribution in [2.24, 2.45) is 4.99 Å². The maximum Gasteiger partial charge on any atom is 0.434 e. The monoisotopic (exact) mass is 496 g/mol. The minimum atomic E-state index is -4.38. The smallest absolute Gasteiger partial charge is 0.382 e. The third-order valence-corrected chi connectivity index (χ3v) is 3.80. The van der Waals surface area contributed by atoms with Gasteiger partial charge in [-0.25, -0.2) is 4.98 Å². The third kappa shape index (κ3) is 10.8. The summed E-state index contributed by atoms with van der Waals surface area (Å²) in [6.45, 7) is 2.89. The average molecular weight is 496 g/mol. The number of aliphatic imine (C=N–C) groups is 1. The summed E-state index contributed by atoms with van der Waals surface area (Å²) in [6.07, 6.45) is -3.17. The van der Waals surface area contributed by atoms with Crippen molar-refractivity contribution in [2.45, 2.75) is 19.0 Å². The predicted octanol–water partition coefficient (Wildman–Crippen LogP) is 2.54. The van der Waals surface area contributed by atoms with Gasteiger partial charge >= 0.3 is 6.18 Å². The van der Waals surface area contributed by atoms with E-state index in [-0.39, 0.29) is 24.0 Å². The van der Waals surface area contributed by atoms with E-state index in [1.165, 1.54) is 0 Å². The van der Waals surface area contributed by atoms with Gasteiger partial charge in [0.1, 0.15) is 0 Å². The molecule has 0 aromatic carbocycles. The zero-order valence-electron chi connectivity index (χ0n) is 14.2. The number of hydrogen-bond donors (Lipinski definition) is 2. The fourth-order valence-corrected chi connectivity index (χ4v) is 2.49. The van der Waals surface area contributed by atoms with Gasteiger partial charge in [-0.2, -0.15) is 13.2 Å². The van der Waals surface area contributed by atoms with Crippen molar-refractivity contribution < 1.29 is 22.6 Å². The van der Waals surface area contributed by atoms with E-state index in [9.17, 15) is 13.2 Å². The zero-order valence-corrected chi connectivity index (χ0v) is 17.3. The fourth-order valence-electron chi connectivity index (χ4n) is 1.69. The molecule has 0 saturated heterocycles. The Kier molecular flexibility index (Phi) is 13.2. The van der Waals surface area contributed by atoms with Gasteiger partial charge in [-0.3, -0.25) is 4.99 Å². The van der Waals surface area contributed by atoms with E-state index in [0.29, 0.717) is 50.3 Å². The number of alkyl halides is 3. The summed E-state index contributed by atoms with van der Waals surface area (Å²) in [5.74, 6) is 0.597. The van der Waals surface area contributed by atoms with Crippen molar-refractivity contribution >= 4 is 41.3 Å². The van der Waals surface area contributed by atoms with Crippen molar-refractivity contribution in [3.8, 4) is 0 Å². The molecule has 11 heteroatoms. The molecule has 0 saturated carbocycles. The number of halogens is 4. The Bertz CT molecular complexity index is 501. The molecular formula is C14H24F3IN4O2S. The molecular weight excluding hydrogens is 472 g/mol. The van der Waals surface area contributed by atoms with Crippen LogP contribution in [-0.4, -0.2) is 58.0 Å². The number of rotatable bonds is 10. The van der Waals surface area contributed by atoms with E-state index in [2.05, 4.69) is 20.6 Å². The highest BCUT2D eigenvalue weighted by molar-refractivity contribution is 14.0. The predicted molar refractivity (Wildman–Crippen MR) is 103 cm³/mol. The molecule has 0 amide bonds. The molecule has 2 N–H and O–H groups in total. The summed E-state index contributed by atoms with van der Waals surface area (Å²) in [7, 11) is 3.26. The standard InChI is InChI=1S/C14H23F3N4O2S.HI/c1-18-13(19-5-3-7-23-9-8-22-2)20-6-4-12-21-11(10-24-12)14(15,16)17;/h10H,3-9H2,1-2H3,(H2,18,19,20);1H. The Morgan fingerprint density at radius 3 is 2.56 bits per heavy atom. The molecule has 1 rings (SSSR count). The second-order valence-electron chi connectivity index (χ2n) is 4.76. The van der Waals surface area contributed by atoms with Crippen LogP contribution in [0.2, 0.25) is 0 Å². The molecule has 0 bridgehead atoms. The maximum atomic E-state index is 12.5. The molecule has 146 valence electrons. The summed E-state index contributed by atoms with van der Waals surface area (Å²) in [5, 5.41) is 7.62. The molecule has 0 aliphatic heterocycles. The van der Waals surface area contributed by atoms with Crippen LogP contribution in [0.4, 0.5) is 13.2 Å². The number of methoxy groups -OCH3 is 1. The molecule has 0 aliphatic carbocycles. The number of thiazole rings is 1. The largest absolute Gasteiger partial charge is 0.434 e. The van der Waals surface area contributed by atoms with Crippen molar-refractivity contribution in [2.75, 3.05) is 47.1 Å². The lowest BCUT2D eigenvalue weighted by Gasteiger charge is -2.11. The fraction of sp³-hybridized carbons (Fsp3) is 0.714. The van der Waals surface area contributed by atoms with Gasteiger partial charge in [-0.05, 0) is 6.42 Å². The number of guanidine groups is 1. The van der Waals surface area contributed by atoms with Gasteiger partial charge in [0.2, 0.25) is 0 Å². The van der Waals surface area contributed by atoms with Gasteiger partial charge in [0.05, 0.1) is 18.2 Å². The van der Waals surface area contributed by atoms with Crippen molar-refractivity contribution in [3.05, 3.63) is 16.1 Å². The lowest BCUT2D eigenvalue weighted by atomic mass is 10.4. The van der Waals surface area contributed by atoms with Crippen LogP contribution in [0, 0.1) is 0 Å². The second kappa shape index (κ2) is 13.5. The Labute approximate surface area is 166 Å². The molecule has 6 nitrogen and oxygen atoms in total. The van der Waals surface area contributed by atoms with Crippen LogP contribution in [-0.2, 0) is 22.1 Å². The quantitative estimate of drug-likeness (QED) is 0.226. The van der Waals surface area contributed by atoms with Gasteiger partial charge in [-0.15, -0.1) is 35.3 Å². The Morgan fingerprint density at radius 2 is 1.96 bits per heavy atom. The first kappa shape index (κ1) is 24.3. The van der Waals surface area contributed by atoms with Gasteiger partial charge in [0, 0.05) is 45.7 Å². The molecule has 0 atom stereocenters. The van der Waals surface area contributed by atoms with Crippen LogP contribution in [0.5, 0.6) is 0 Å². The Morgan fingerprint density at radius 1 is 1.24 bits per heavy atom. The van der Waals surface area contributed by atoms with Crippen LogP contribution in [0.25, 0.3) is 0 Å². The van der Waals surface area contributed by atoms with Gasteiger partial charge < -0.3 is 20.1 Å². The SMILES string of the molecule is CN=C(NCCCOCCOC)NCCc1nc(C(F)(F)F)cs1.I. The number of nitrogens with zero attached hydrogens (tertiary/aromatic N) is 2. The Hall–Kier alpha value is -0.660. The summed E-state index contributed by atoms with van der Waals surface area (Å²) < 4.78 is 47.6. The topological polar surface area (TPSA) is 67.8 Å². The highest BCUT2D eigenvalue weighted by Gasteiger charge is 2.33. The van der Waals surface area contributed by atoms with Crippen molar-refractivity contribution in [1.82, 2.24) is 15.6 Å². The first-order chi connectivity index (χ1) is 11.5. The normalized spacial score (nSPS) is 12.0. The molecule has 1 aromatic rings. The average Bonchev–Trinajstić information content (AvgIpc) is 3.01. The van der Waals surface area contributed by atoms with Crippen LogP contribution < -0.4 is 10.6 Å². The van der Waals surface area contributed by atoms with E-state index in [1.807, 2.05) is 0 Å². The first-order valence-corrected chi connectivity index (χ1v) is 8.38. The van der Waals surface area contributed by atoms with E-state index >= 15 is 0 Å². The molecule has 0 fully saturated rings. The molecule has 0 aliphatic rings. The van der Waals surface area contributed by atoms with Crippen LogP contribution in [0.3, 0.4) is 0 Å². The van der Waals surface area contributed by atoms with E-state index in [4.69, 9.17) is 9.47 Å². The molecule has 0 radical (unpaired) electrons. The molecule has 0 spiro atoms. The lowest BCUT2D eigenvalue weighted by Crippen LogP contribution is -2.39. The van der Waals surface area contributed by atoms with Crippen LogP contribution in [0.1, 0.15) is 17.1 Å². The van der Waals surface area contributed by atoms with Crippen LogP contribution in [0.15, 0.2) is 10.4 Å². The number of hydrogen-bond acceptors (Lipinski definition) is 5. The maximum absolute atomic E-state index is 12.5. The van der Waals surface area contributed by atoms with Gasteiger partial charge in [-0.1, -0.05) is 0 Å². The van der Waals surface area contributed by atoms with E-state index < -0.39 is 11.9 Å². The summed E-state index contributed by atoms with van der Waals surface area (Å²) in [6, 6.07) is 0. The van der Waals surface area contributed by atoms with Crippen molar-refractivity contribution in [3.63, 3.8) is 0 Å². The number of nitrogens with one attached hydrogen (secondary N) is 2. The third-order valence-electron chi connectivity index (χ3n) is 2.89. The number of aromatic nitrogens is 1. The molecule has 1 aromatic heterocycles. The van der Waals surface area contributed by atoms with E-state index in [1.54, 1.807) is 14.2 Å². The molecule has 1 heterocycles. The first-order valence-electron chi connectivity index (χ1n) is 7.50. The summed E-state index contributed by atoms with van der Waals surface area (Å²) in [4.78, 5) is 7.63. The summed E-state index contributed by atoms with van der Waals surface area (Å²) in [5.41, 5.74) is -0.835. The minimum Gasteiger partial charge on any atom is -0.382 e. The summed E-state index contributed by atoms with van der Waals surface area (Å²) >= 11 is 1.01. The van der Waals surface area contributed by atoms with Crippen LogP contribution >= 0.6 is 35.3 Å². The highest BCUT2D eigenvalue weighted by Crippen LogP contribution is 2.29. The lowest BCUT2D eigenvalue weighted by molar-refractivity contribution is -0.140.